The van der Waals surface area contributed by atoms with Gasteiger partial charge in [0.15, 0.2) is 11.4 Å². The van der Waals surface area contributed by atoms with E-state index in [0.717, 1.165) is 25.0 Å². The van der Waals surface area contributed by atoms with Gasteiger partial charge < -0.3 is 4.74 Å². The summed E-state index contributed by atoms with van der Waals surface area (Å²) in [6.07, 6.45) is 5.36. The van der Waals surface area contributed by atoms with Crippen LogP contribution in [0, 0.1) is 5.41 Å². The predicted molar refractivity (Wildman–Crippen MR) is 122 cm³/mol. The molecule has 2 heterocycles. The van der Waals surface area contributed by atoms with Crippen LogP contribution in [0.15, 0.2) is 23.8 Å². The summed E-state index contributed by atoms with van der Waals surface area (Å²) in [5.41, 5.74) is 4.32. The average Bonchev–Trinajstić information content (AvgIpc) is 2.59. The van der Waals surface area contributed by atoms with Gasteiger partial charge in [0.25, 0.3) is 0 Å². The van der Waals surface area contributed by atoms with E-state index < -0.39 is 9.93 Å². The molecule has 2 aliphatic heterocycles. The molecule has 3 bridgehead atoms. The summed E-state index contributed by atoms with van der Waals surface area (Å²) >= 11 is 7.79. The maximum atomic E-state index is 13.8. The monoisotopic (exact) mass is 508 g/mol. The number of benzene rings is 1. The van der Waals surface area contributed by atoms with Gasteiger partial charge in [0.1, 0.15) is 10.1 Å². The van der Waals surface area contributed by atoms with Gasteiger partial charge in [-0.1, -0.05) is 91.6 Å². The summed E-state index contributed by atoms with van der Waals surface area (Å²) in [6.45, 7) is 13.4. The van der Waals surface area contributed by atoms with Crippen LogP contribution in [0.3, 0.4) is 0 Å². The van der Waals surface area contributed by atoms with Gasteiger partial charge in [0.2, 0.25) is 0 Å². The fourth-order valence-electron chi connectivity index (χ4n) is 4.78. The Balaban J connectivity index is 1.93. The summed E-state index contributed by atoms with van der Waals surface area (Å²) in [6, 6.07) is 4.60. The van der Waals surface area contributed by atoms with E-state index in [-0.39, 0.29) is 21.4 Å². The molecule has 1 spiro atoms. The molecular weight excluding hydrogens is 480 g/mol. The molecule has 0 N–H and O–H groups in total. The van der Waals surface area contributed by atoms with Crippen molar-refractivity contribution in [1.29, 1.82) is 0 Å². The molecule has 1 aromatic carbocycles. The first-order valence-corrected chi connectivity index (χ1v) is 12.0. The first kappa shape index (κ1) is 20.7. The molecule has 4 heteroatoms. The van der Waals surface area contributed by atoms with Crippen LogP contribution in [0.1, 0.15) is 71.1 Å². The number of Topliss-reactive ketones (excluding diaryl/α,β-unsaturated/α-hetero) is 1. The molecule has 0 aromatic heterocycles. The smallest absolute Gasteiger partial charge is 0.198 e. The van der Waals surface area contributed by atoms with Crippen molar-refractivity contribution in [2.75, 3.05) is 0 Å². The summed E-state index contributed by atoms with van der Waals surface area (Å²) in [4.78, 5) is 13.6. The topological polar surface area (TPSA) is 26.3 Å². The maximum absolute atomic E-state index is 13.8. The van der Waals surface area contributed by atoms with E-state index in [0.29, 0.717) is 6.42 Å². The van der Waals surface area contributed by atoms with Crippen molar-refractivity contribution in [3.63, 3.8) is 0 Å². The number of hydrogen-bond acceptors (Lipinski definition) is 2. The van der Waals surface area contributed by atoms with E-state index in [1.807, 2.05) is 0 Å². The number of carbonyl (C=O) groups is 1. The fourth-order valence-corrected chi connectivity index (χ4v) is 6.91. The number of hydrogen-bond donors (Lipinski definition) is 0. The van der Waals surface area contributed by atoms with Crippen LogP contribution in [0.5, 0.6) is 5.75 Å². The van der Waals surface area contributed by atoms with Gasteiger partial charge >= 0.3 is 0 Å². The van der Waals surface area contributed by atoms with E-state index in [1.54, 1.807) is 0 Å². The van der Waals surface area contributed by atoms with E-state index in [9.17, 15) is 4.79 Å². The second-order valence-electron chi connectivity index (χ2n) is 10.8. The van der Waals surface area contributed by atoms with Gasteiger partial charge in [-0.25, -0.2) is 0 Å². The zero-order chi connectivity index (χ0) is 20.7. The lowest BCUT2D eigenvalue weighted by Crippen LogP contribution is -2.64. The number of fused-ring (bicyclic) bond motifs is 1. The van der Waals surface area contributed by atoms with Gasteiger partial charge in [-0.15, -0.1) is 0 Å². The van der Waals surface area contributed by atoms with Gasteiger partial charge in [-0.2, -0.15) is 0 Å². The summed E-state index contributed by atoms with van der Waals surface area (Å²) < 4.78 is 6.07. The van der Waals surface area contributed by atoms with Gasteiger partial charge in [-0.3, -0.25) is 4.79 Å². The number of ether oxygens (including phenoxy) is 1. The average molecular weight is 510 g/mol. The Morgan fingerprint density at radius 3 is 2.11 bits per heavy atom. The SMILES string of the molecule is CC(C)(C)C1=CC2(Br)CCc3cc(C(C)(C)C)cc4c3O[C@](CC4)(C2=O)C1Br. The van der Waals surface area contributed by atoms with Gasteiger partial charge in [-0.05, 0) is 52.4 Å². The molecule has 152 valence electrons. The van der Waals surface area contributed by atoms with Crippen molar-refractivity contribution in [3.05, 3.63) is 40.5 Å². The van der Waals surface area contributed by atoms with Gasteiger partial charge in [0.05, 0.1) is 4.83 Å². The van der Waals surface area contributed by atoms with E-state index in [2.05, 4.69) is 91.6 Å². The van der Waals surface area contributed by atoms with Crippen LogP contribution in [0.25, 0.3) is 0 Å². The van der Waals surface area contributed by atoms with Crippen LogP contribution < -0.4 is 4.74 Å². The molecule has 0 fully saturated rings. The Hall–Kier alpha value is -0.610. The van der Waals surface area contributed by atoms with E-state index in [4.69, 9.17) is 4.74 Å². The molecule has 2 nitrogen and oxygen atoms in total. The standard InChI is InChI=1S/C24H30Br2O2/c1-21(2,3)16-11-14-7-9-23(26)13-17(22(4,5)6)19(25)24(20(23)27)10-8-15(12-16)18(14)28-24/h11-13,19H,7-10H2,1-6H3/t19?,23?,24-/m0/s1. The second-order valence-corrected chi connectivity index (χ2v) is 13.1. The van der Waals surface area contributed by atoms with Crippen molar-refractivity contribution in [2.24, 2.45) is 5.41 Å². The summed E-state index contributed by atoms with van der Waals surface area (Å²) in [7, 11) is 0. The molecule has 0 amide bonds. The molecule has 1 aliphatic carbocycles. The molecule has 0 saturated carbocycles. The molecule has 4 rings (SSSR count). The third-order valence-electron chi connectivity index (χ3n) is 6.61. The minimum Gasteiger partial charge on any atom is -0.477 e. The Morgan fingerprint density at radius 1 is 1.00 bits per heavy atom. The van der Waals surface area contributed by atoms with E-state index >= 15 is 0 Å². The molecule has 3 atom stereocenters. The summed E-state index contributed by atoms with van der Waals surface area (Å²) in [5.74, 6) is 1.13. The first-order valence-electron chi connectivity index (χ1n) is 10.2. The zero-order valence-electron chi connectivity index (χ0n) is 17.7. The molecule has 1 aromatic rings. The third-order valence-corrected chi connectivity index (χ3v) is 8.83. The van der Waals surface area contributed by atoms with Crippen molar-refractivity contribution in [1.82, 2.24) is 0 Å². The molecule has 3 aliphatic rings. The molecule has 0 saturated heterocycles. The minimum atomic E-state index is -0.841. The maximum Gasteiger partial charge on any atom is 0.198 e. The second kappa shape index (κ2) is 6.20. The molecule has 0 radical (unpaired) electrons. The lowest BCUT2D eigenvalue weighted by molar-refractivity contribution is -0.138. The Morgan fingerprint density at radius 2 is 1.57 bits per heavy atom. The van der Waals surface area contributed by atoms with Crippen LogP contribution in [-0.4, -0.2) is 20.5 Å². The Kier molecular flexibility index (Phi) is 4.57. The van der Waals surface area contributed by atoms with Crippen molar-refractivity contribution in [2.45, 2.75) is 87.4 Å². The number of carbonyl (C=O) groups excluding carboxylic acids is 1. The highest BCUT2D eigenvalue weighted by Gasteiger charge is 2.61. The van der Waals surface area contributed by atoms with Crippen molar-refractivity contribution >= 4 is 37.6 Å². The highest BCUT2D eigenvalue weighted by Crippen LogP contribution is 2.55. The Labute approximate surface area is 185 Å². The van der Waals surface area contributed by atoms with Crippen LogP contribution in [0.2, 0.25) is 0 Å². The summed E-state index contributed by atoms with van der Waals surface area (Å²) in [5, 5.41) is 0. The first-order chi connectivity index (χ1) is 12.8. The van der Waals surface area contributed by atoms with Crippen molar-refractivity contribution < 1.29 is 9.53 Å². The highest BCUT2D eigenvalue weighted by molar-refractivity contribution is 9.10. The number of allylic oxidation sites excluding steroid dienone is 1. The number of ketones is 1. The Bertz CT molecular complexity index is 887. The largest absolute Gasteiger partial charge is 0.477 e. The normalized spacial score (nSPS) is 32.2. The number of aryl methyl sites for hydroxylation is 2. The van der Waals surface area contributed by atoms with Crippen LogP contribution >= 0.6 is 31.9 Å². The lowest BCUT2D eigenvalue weighted by atomic mass is 9.65. The third kappa shape index (κ3) is 2.96. The van der Waals surface area contributed by atoms with Gasteiger partial charge in [0, 0.05) is 6.42 Å². The minimum absolute atomic E-state index is 0.0390. The van der Waals surface area contributed by atoms with Crippen LogP contribution in [-0.2, 0) is 23.1 Å². The number of rotatable bonds is 0. The predicted octanol–water partition coefficient (Wildman–Crippen LogP) is 6.45. The highest BCUT2D eigenvalue weighted by atomic mass is 79.9. The quantitative estimate of drug-likeness (QED) is 0.297. The zero-order valence-corrected chi connectivity index (χ0v) is 20.9. The fraction of sp³-hybridized carbons (Fsp3) is 0.625. The molecular formula is C24H30Br2O2. The molecule has 2 unspecified atom stereocenters. The van der Waals surface area contributed by atoms with Crippen LogP contribution in [0.4, 0.5) is 0 Å². The number of halogens is 2. The molecule has 28 heavy (non-hydrogen) atoms. The number of alkyl halides is 2. The van der Waals surface area contributed by atoms with E-state index in [1.165, 1.54) is 22.3 Å². The lowest BCUT2D eigenvalue weighted by Gasteiger charge is -2.51. The van der Waals surface area contributed by atoms with Crippen molar-refractivity contribution in [3.8, 4) is 5.75 Å².